The van der Waals surface area contributed by atoms with E-state index < -0.39 is 11.9 Å². The van der Waals surface area contributed by atoms with E-state index >= 15 is 0 Å². The monoisotopic (exact) mass is 536 g/mol. The summed E-state index contributed by atoms with van der Waals surface area (Å²) in [5.74, 6) is -1.69. The second kappa shape index (κ2) is 13.8. The zero-order chi connectivity index (χ0) is 28.3. The molecule has 1 aliphatic heterocycles. The lowest BCUT2D eigenvalue weighted by atomic mass is 10.1. The highest BCUT2D eigenvalue weighted by molar-refractivity contribution is 5.95. The minimum absolute atomic E-state index is 0.0780. The number of ether oxygens (including phenoxy) is 1. The van der Waals surface area contributed by atoms with E-state index in [0.717, 1.165) is 22.3 Å². The normalized spacial score (nSPS) is 13.8. The topological polar surface area (TPSA) is 126 Å². The van der Waals surface area contributed by atoms with Gasteiger partial charge in [-0.2, -0.15) is 0 Å². The first kappa shape index (κ1) is 29.0. The molecule has 1 saturated heterocycles. The van der Waals surface area contributed by atoms with Crippen LogP contribution in [0.4, 0.5) is 4.39 Å². The summed E-state index contributed by atoms with van der Waals surface area (Å²) in [6.07, 6.45) is 5.31. The highest BCUT2D eigenvalue weighted by Crippen LogP contribution is 2.25. The number of amides is 1. The fourth-order valence-corrected chi connectivity index (χ4v) is 4.07. The van der Waals surface area contributed by atoms with E-state index in [0.29, 0.717) is 35.8 Å². The van der Waals surface area contributed by atoms with Crippen molar-refractivity contribution in [3.8, 4) is 22.8 Å². The molecule has 0 unspecified atom stereocenters. The number of aromatic nitrogens is 1. The lowest BCUT2D eigenvalue weighted by Crippen LogP contribution is -2.46. The SMILES string of the molecule is C[N+]1(CCNC(=O)c2ccnc(-c3ccc(Oc4ccc(F)cc4)cc3)c2)CCCC1.O=C(O)/C=C\C(=O)O. The van der Waals surface area contributed by atoms with Gasteiger partial charge in [-0.25, -0.2) is 14.0 Å². The number of nitrogens with zero attached hydrogens (tertiary/aromatic N) is 2. The van der Waals surface area contributed by atoms with E-state index in [1.54, 1.807) is 30.5 Å². The number of rotatable bonds is 9. The van der Waals surface area contributed by atoms with Gasteiger partial charge in [0.25, 0.3) is 5.91 Å². The van der Waals surface area contributed by atoms with Gasteiger partial charge in [-0.3, -0.25) is 9.78 Å². The van der Waals surface area contributed by atoms with Crippen LogP contribution in [0.3, 0.4) is 0 Å². The maximum Gasteiger partial charge on any atom is 0.328 e. The number of likely N-dealkylation sites (N-methyl/N-ethyl adjacent to an activating group) is 1. The van der Waals surface area contributed by atoms with E-state index in [1.165, 1.54) is 38.1 Å². The number of benzene rings is 2. The molecule has 4 rings (SSSR count). The quantitative estimate of drug-likeness (QED) is 0.274. The average molecular weight is 537 g/mol. The average Bonchev–Trinajstić information content (AvgIpc) is 3.36. The smallest absolute Gasteiger partial charge is 0.328 e. The highest BCUT2D eigenvalue weighted by atomic mass is 19.1. The van der Waals surface area contributed by atoms with Crippen LogP contribution in [0.15, 0.2) is 79.0 Å². The first-order valence-corrected chi connectivity index (χ1v) is 12.4. The summed E-state index contributed by atoms with van der Waals surface area (Å²) in [5.41, 5.74) is 2.21. The summed E-state index contributed by atoms with van der Waals surface area (Å²) >= 11 is 0. The number of pyridine rings is 1. The Morgan fingerprint density at radius 3 is 2.08 bits per heavy atom. The zero-order valence-electron chi connectivity index (χ0n) is 21.5. The van der Waals surface area contributed by atoms with Crippen LogP contribution in [-0.2, 0) is 9.59 Å². The molecule has 1 amide bonds. The first-order chi connectivity index (χ1) is 18.6. The van der Waals surface area contributed by atoms with Gasteiger partial charge in [-0.05, 0) is 60.7 Å². The van der Waals surface area contributed by atoms with Crippen molar-refractivity contribution in [1.82, 2.24) is 10.3 Å². The third-order valence-corrected chi connectivity index (χ3v) is 6.17. The molecule has 2 heterocycles. The molecule has 0 atom stereocenters. The van der Waals surface area contributed by atoms with E-state index in [9.17, 15) is 18.8 Å². The molecule has 1 fully saturated rings. The number of carbonyl (C=O) groups excluding carboxylic acids is 1. The van der Waals surface area contributed by atoms with Crippen LogP contribution >= 0.6 is 0 Å². The number of carbonyl (C=O) groups is 3. The molecule has 0 radical (unpaired) electrons. The van der Waals surface area contributed by atoms with Crippen molar-refractivity contribution < 1.29 is 38.2 Å². The van der Waals surface area contributed by atoms with Crippen LogP contribution in [0.2, 0.25) is 0 Å². The third-order valence-electron chi connectivity index (χ3n) is 6.17. The molecule has 9 nitrogen and oxygen atoms in total. The molecule has 0 saturated carbocycles. The van der Waals surface area contributed by atoms with Gasteiger partial charge in [0.05, 0.1) is 38.9 Å². The van der Waals surface area contributed by atoms with Crippen LogP contribution in [0.1, 0.15) is 23.2 Å². The fraction of sp³-hybridized carbons (Fsp3) is 0.241. The Morgan fingerprint density at radius 1 is 0.949 bits per heavy atom. The van der Waals surface area contributed by atoms with Crippen molar-refractivity contribution in [3.63, 3.8) is 0 Å². The Bertz CT molecular complexity index is 1290. The van der Waals surface area contributed by atoms with E-state index in [2.05, 4.69) is 17.3 Å². The lowest BCUT2D eigenvalue weighted by molar-refractivity contribution is -0.896. The number of aliphatic carboxylic acids is 2. The summed E-state index contributed by atoms with van der Waals surface area (Å²) < 4.78 is 19.8. The summed E-state index contributed by atoms with van der Waals surface area (Å²) in [6, 6.07) is 16.9. The van der Waals surface area contributed by atoms with Crippen LogP contribution in [0, 0.1) is 5.82 Å². The maximum absolute atomic E-state index is 13.0. The van der Waals surface area contributed by atoms with E-state index in [-0.39, 0.29) is 11.7 Å². The number of nitrogens with one attached hydrogen (secondary N) is 1. The predicted octanol–water partition coefficient (Wildman–Crippen LogP) is 4.36. The number of halogens is 1. The summed E-state index contributed by atoms with van der Waals surface area (Å²) in [6.45, 7) is 4.01. The second-order valence-electron chi connectivity index (χ2n) is 9.27. The van der Waals surface area contributed by atoms with Crippen molar-refractivity contribution in [2.24, 2.45) is 0 Å². The van der Waals surface area contributed by atoms with Crippen LogP contribution in [0.5, 0.6) is 11.5 Å². The third kappa shape index (κ3) is 9.67. The standard InChI is InChI=1S/C25H26FN3O2.C4H4O4/c1-29(15-2-3-16-29)17-14-28-25(30)20-12-13-27-24(18-20)19-4-8-22(9-5-19)31-23-10-6-21(26)7-11-23;5-3(6)1-2-4(7)8/h4-13,18H,2-3,14-17H2,1H3;1-2H,(H,5,6)(H,7,8)/p+1/b;2-1-. The molecular weight excluding hydrogens is 505 g/mol. The van der Waals surface area contributed by atoms with Gasteiger partial charge in [0.1, 0.15) is 17.3 Å². The lowest BCUT2D eigenvalue weighted by Gasteiger charge is -2.29. The summed E-state index contributed by atoms with van der Waals surface area (Å²) in [7, 11) is 2.26. The highest BCUT2D eigenvalue weighted by Gasteiger charge is 2.26. The van der Waals surface area contributed by atoms with Crippen molar-refractivity contribution in [2.45, 2.75) is 12.8 Å². The molecule has 204 valence electrons. The number of quaternary nitrogens is 1. The number of likely N-dealkylation sites (tertiary alicyclic amines) is 1. The summed E-state index contributed by atoms with van der Waals surface area (Å²) in [4.78, 5) is 36.1. The molecule has 1 aliphatic rings. The van der Waals surface area contributed by atoms with Crippen LogP contribution < -0.4 is 10.1 Å². The zero-order valence-corrected chi connectivity index (χ0v) is 21.5. The fourth-order valence-electron chi connectivity index (χ4n) is 4.07. The minimum Gasteiger partial charge on any atom is -0.478 e. The molecule has 3 N–H and O–H groups in total. The van der Waals surface area contributed by atoms with Crippen LogP contribution in [-0.4, -0.2) is 70.8 Å². The molecule has 0 spiro atoms. The van der Waals surface area contributed by atoms with Crippen molar-refractivity contribution >= 4 is 17.8 Å². The van der Waals surface area contributed by atoms with Gasteiger partial charge in [-0.1, -0.05) is 0 Å². The Hall–Kier alpha value is -4.57. The second-order valence-corrected chi connectivity index (χ2v) is 9.27. The van der Waals surface area contributed by atoms with Crippen LogP contribution in [0.25, 0.3) is 11.3 Å². The van der Waals surface area contributed by atoms with Gasteiger partial charge in [0.2, 0.25) is 0 Å². The molecule has 1 aromatic heterocycles. The summed E-state index contributed by atoms with van der Waals surface area (Å²) in [5, 5.41) is 18.7. The largest absolute Gasteiger partial charge is 0.478 e. The molecular formula is C29H31FN3O6+. The Morgan fingerprint density at radius 2 is 1.51 bits per heavy atom. The first-order valence-electron chi connectivity index (χ1n) is 12.4. The molecule has 3 aromatic rings. The number of carboxylic acids is 2. The Balaban J connectivity index is 0.000000459. The van der Waals surface area contributed by atoms with E-state index in [1.807, 2.05) is 24.3 Å². The van der Waals surface area contributed by atoms with Gasteiger partial charge in [0, 0.05) is 42.3 Å². The van der Waals surface area contributed by atoms with Gasteiger partial charge >= 0.3 is 11.9 Å². The minimum atomic E-state index is -1.26. The molecule has 2 aromatic carbocycles. The van der Waals surface area contributed by atoms with E-state index in [4.69, 9.17) is 14.9 Å². The maximum atomic E-state index is 13.0. The van der Waals surface area contributed by atoms with Crippen molar-refractivity contribution in [3.05, 3.63) is 90.4 Å². The Kier molecular flexibility index (Phi) is 10.3. The molecule has 0 aliphatic carbocycles. The Labute approximate surface area is 225 Å². The predicted molar refractivity (Wildman–Crippen MR) is 143 cm³/mol. The van der Waals surface area contributed by atoms with Gasteiger partial charge in [0.15, 0.2) is 0 Å². The van der Waals surface area contributed by atoms with Gasteiger partial charge < -0.3 is 24.7 Å². The molecule has 39 heavy (non-hydrogen) atoms. The van der Waals surface area contributed by atoms with Crippen molar-refractivity contribution in [2.75, 3.05) is 33.2 Å². The molecule has 0 bridgehead atoms. The number of hydrogen-bond acceptors (Lipinski definition) is 5. The van der Waals surface area contributed by atoms with Crippen molar-refractivity contribution in [1.29, 1.82) is 0 Å². The molecule has 10 heteroatoms. The number of hydrogen-bond donors (Lipinski definition) is 3. The number of carboxylic acid groups (broad SMARTS) is 2. The van der Waals surface area contributed by atoms with Gasteiger partial charge in [-0.15, -0.1) is 0 Å².